The van der Waals surface area contributed by atoms with Gasteiger partial charge in [0.05, 0.1) is 5.69 Å². The zero-order valence-corrected chi connectivity index (χ0v) is 15.9. The second-order valence-electron chi connectivity index (χ2n) is 6.99. The zero-order chi connectivity index (χ0) is 18.6. The second kappa shape index (κ2) is 7.84. The van der Waals surface area contributed by atoms with Crippen LogP contribution in [0.5, 0.6) is 0 Å². The molecule has 0 spiro atoms. The van der Waals surface area contributed by atoms with E-state index in [1.165, 1.54) is 0 Å². The monoisotopic (exact) mass is 363 g/mol. The molecule has 1 saturated heterocycles. The first kappa shape index (κ1) is 17.6. The minimum atomic E-state index is 0.762. The highest BCUT2D eigenvalue weighted by Crippen LogP contribution is 2.15. The van der Waals surface area contributed by atoms with Gasteiger partial charge in [0, 0.05) is 56.7 Å². The quantitative estimate of drug-likeness (QED) is 0.691. The van der Waals surface area contributed by atoms with Gasteiger partial charge in [-0.15, -0.1) is 10.2 Å². The Balaban J connectivity index is 1.32. The largest absolute Gasteiger partial charge is 0.353 e. The predicted octanol–water partition coefficient (Wildman–Crippen LogP) is 2.04. The van der Waals surface area contributed by atoms with Crippen LogP contribution in [0.2, 0.25) is 0 Å². The summed E-state index contributed by atoms with van der Waals surface area (Å²) in [6.45, 7) is 9.07. The van der Waals surface area contributed by atoms with Gasteiger partial charge in [0.25, 0.3) is 0 Å². The predicted molar refractivity (Wildman–Crippen MR) is 105 cm³/mol. The van der Waals surface area contributed by atoms with Crippen molar-refractivity contribution in [1.29, 1.82) is 0 Å². The maximum absolute atomic E-state index is 4.47. The van der Waals surface area contributed by atoms with Gasteiger partial charge < -0.3 is 4.90 Å². The van der Waals surface area contributed by atoms with Crippen LogP contribution >= 0.6 is 0 Å². The molecule has 0 aromatic carbocycles. The van der Waals surface area contributed by atoms with Crippen LogP contribution in [0.25, 0.3) is 5.82 Å². The number of hydrogen-bond acceptors (Lipinski definition) is 6. The van der Waals surface area contributed by atoms with Crippen molar-refractivity contribution in [1.82, 2.24) is 29.9 Å². The van der Waals surface area contributed by atoms with Crippen LogP contribution in [0.15, 0.2) is 42.6 Å². The first-order valence-corrected chi connectivity index (χ1v) is 9.43. The van der Waals surface area contributed by atoms with Crippen molar-refractivity contribution in [3.8, 4) is 5.82 Å². The third-order valence-electron chi connectivity index (χ3n) is 4.97. The highest BCUT2D eigenvalue weighted by atomic mass is 15.4. The molecule has 140 valence electrons. The molecular weight excluding hydrogens is 338 g/mol. The van der Waals surface area contributed by atoms with E-state index in [0.717, 1.165) is 67.9 Å². The van der Waals surface area contributed by atoms with Crippen LogP contribution in [-0.2, 0) is 6.42 Å². The minimum Gasteiger partial charge on any atom is -0.353 e. The van der Waals surface area contributed by atoms with Crippen molar-refractivity contribution in [3.63, 3.8) is 0 Å². The summed E-state index contributed by atoms with van der Waals surface area (Å²) in [4.78, 5) is 9.19. The number of pyridine rings is 1. The smallest absolute Gasteiger partial charge is 0.176 e. The Morgan fingerprint density at radius 2 is 1.70 bits per heavy atom. The number of rotatable bonds is 5. The molecule has 0 bridgehead atoms. The average Bonchev–Trinajstić information content (AvgIpc) is 3.06. The lowest BCUT2D eigenvalue weighted by molar-refractivity contribution is 0.259. The fourth-order valence-corrected chi connectivity index (χ4v) is 3.48. The van der Waals surface area contributed by atoms with Gasteiger partial charge in [-0.2, -0.15) is 5.10 Å². The van der Waals surface area contributed by atoms with Crippen LogP contribution < -0.4 is 4.90 Å². The van der Waals surface area contributed by atoms with Crippen molar-refractivity contribution in [2.24, 2.45) is 0 Å². The molecule has 0 N–H and O–H groups in total. The van der Waals surface area contributed by atoms with Gasteiger partial charge in [0.15, 0.2) is 11.6 Å². The minimum absolute atomic E-state index is 0.762. The third kappa shape index (κ3) is 4.14. The Morgan fingerprint density at radius 1 is 0.926 bits per heavy atom. The molecule has 0 unspecified atom stereocenters. The van der Waals surface area contributed by atoms with Crippen molar-refractivity contribution >= 4 is 5.82 Å². The lowest BCUT2D eigenvalue weighted by Gasteiger charge is -2.35. The van der Waals surface area contributed by atoms with Gasteiger partial charge >= 0.3 is 0 Å². The summed E-state index contributed by atoms with van der Waals surface area (Å²) in [6.07, 6.45) is 2.86. The second-order valence-corrected chi connectivity index (χ2v) is 6.99. The first-order chi connectivity index (χ1) is 13.2. The molecule has 7 nitrogen and oxygen atoms in total. The summed E-state index contributed by atoms with van der Waals surface area (Å²) in [7, 11) is 0. The van der Waals surface area contributed by atoms with E-state index in [1.54, 1.807) is 0 Å². The maximum Gasteiger partial charge on any atom is 0.176 e. The standard InChI is InChI=1S/C20H25N7/c1-16-15-17(2)27(24-16)20-7-6-19(22-23-20)26-13-11-25(12-14-26)10-8-18-5-3-4-9-21-18/h3-7,9,15H,8,10-14H2,1-2H3. The van der Waals surface area contributed by atoms with E-state index in [1.807, 2.05) is 49.0 Å². The van der Waals surface area contributed by atoms with E-state index >= 15 is 0 Å². The summed E-state index contributed by atoms with van der Waals surface area (Å²) < 4.78 is 1.83. The number of anilines is 1. The molecular formula is C20H25N7. The molecule has 1 aliphatic rings. The van der Waals surface area contributed by atoms with E-state index in [-0.39, 0.29) is 0 Å². The molecule has 27 heavy (non-hydrogen) atoms. The van der Waals surface area contributed by atoms with Gasteiger partial charge in [-0.25, -0.2) is 4.68 Å². The zero-order valence-electron chi connectivity index (χ0n) is 15.9. The molecule has 4 heterocycles. The van der Waals surface area contributed by atoms with Gasteiger partial charge in [-0.05, 0) is 44.2 Å². The van der Waals surface area contributed by atoms with Crippen LogP contribution in [0.3, 0.4) is 0 Å². The van der Waals surface area contributed by atoms with Crippen molar-refractivity contribution in [2.45, 2.75) is 20.3 Å². The highest BCUT2D eigenvalue weighted by Gasteiger charge is 2.18. The van der Waals surface area contributed by atoms with E-state index in [2.05, 4.69) is 42.2 Å². The van der Waals surface area contributed by atoms with Gasteiger partial charge in [0.2, 0.25) is 0 Å². The lowest BCUT2D eigenvalue weighted by atomic mass is 10.2. The Bertz CT molecular complexity index is 865. The Morgan fingerprint density at radius 3 is 2.33 bits per heavy atom. The summed E-state index contributed by atoms with van der Waals surface area (Å²) in [6, 6.07) is 12.2. The first-order valence-electron chi connectivity index (χ1n) is 9.43. The number of hydrogen-bond donors (Lipinski definition) is 0. The molecule has 3 aromatic rings. The Hall–Kier alpha value is -2.80. The molecule has 1 aliphatic heterocycles. The van der Waals surface area contributed by atoms with Crippen molar-refractivity contribution in [2.75, 3.05) is 37.6 Å². The Kier molecular flexibility index (Phi) is 5.11. The topological polar surface area (TPSA) is 63.0 Å². The van der Waals surface area contributed by atoms with Crippen molar-refractivity contribution in [3.05, 3.63) is 59.7 Å². The van der Waals surface area contributed by atoms with Crippen LogP contribution in [0.4, 0.5) is 5.82 Å². The Labute approximate surface area is 159 Å². The molecule has 3 aromatic heterocycles. The van der Waals surface area contributed by atoms with E-state index in [0.29, 0.717) is 0 Å². The summed E-state index contributed by atoms with van der Waals surface area (Å²) in [5.74, 6) is 1.70. The average molecular weight is 363 g/mol. The molecule has 7 heteroatoms. The molecule has 0 saturated carbocycles. The van der Waals surface area contributed by atoms with E-state index in [9.17, 15) is 0 Å². The van der Waals surface area contributed by atoms with E-state index < -0.39 is 0 Å². The maximum atomic E-state index is 4.47. The SMILES string of the molecule is Cc1cc(C)n(-c2ccc(N3CCN(CCc4ccccn4)CC3)nn2)n1. The number of aromatic nitrogens is 5. The summed E-state index contributed by atoms with van der Waals surface area (Å²) in [5, 5.41) is 13.3. The fourth-order valence-electron chi connectivity index (χ4n) is 3.48. The van der Waals surface area contributed by atoms with Crippen LogP contribution in [0.1, 0.15) is 17.1 Å². The lowest BCUT2D eigenvalue weighted by Crippen LogP contribution is -2.47. The molecule has 0 atom stereocenters. The van der Waals surface area contributed by atoms with Crippen LogP contribution in [0, 0.1) is 13.8 Å². The normalized spacial score (nSPS) is 15.3. The third-order valence-corrected chi connectivity index (χ3v) is 4.97. The highest BCUT2D eigenvalue weighted by molar-refractivity contribution is 5.40. The molecule has 0 amide bonds. The number of piperazine rings is 1. The van der Waals surface area contributed by atoms with Gasteiger partial charge in [0.1, 0.15) is 0 Å². The van der Waals surface area contributed by atoms with Crippen LogP contribution in [-0.4, -0.2) is 62.6 Å². The van der Waals surface area contributed by atoms with Gasteiger partial charge in [-0.3, -0.25) is 9.88 Å². The molecule has 0 aliphatic carbocycles. The summed E-state index contributed by atoms with van der Waals surface area (Å²) in [5.41, 5.74) is 3.21. The summed E-state index contributed by atoms with van der Waals surface area (Å²) >= 11 is 0. The molecule has 0 radical (unpaired) electrons. The van der Waals surface area contributed by atoms with Gasteiger partial charge in [-0.1, -0.05) is 6.07 Å². The fraction of sp³-hybridized carbons (Fsp3) is 0.400. The molecule has 1 fully saturated rings. The number of aryl methyl sites for hydroxylation is 2. The number of nitrogens with zero attached hydrogens (tertiary/aromatic N) is 7. The van der Waals surface area contributed by atoms with Crippen molar-refractivity contribution < 1.29 is 0 Å². The van der Waals surface area contributed by atoms with E-state index in [4.69, 9.17) is 0 Å². The molecule has 4 rings (SSSR count).